The molecule has 0 aliphatic heterocycles. The van der Waals surface area contributed by atoms with Crippen LogP contribution in [0, 0.1) is 5.82 Å². The van der Waals surface area contributed by atoms with Gasteiger partial charge in [-0.15, -0.1) is 0 Å². The molecule has 0 spiro atoms. The average molecular weight is 356 g/mol. The molecule has 0 fully saturated rings. The Morgan fingerprint density at radius 2 is 1.84 bits per heavy atom. The van der Waals surface area contributed by atoms with Crippen LogP contribution in [0.15, 0.2) is 66.9 Å². The Hall–Kier alpha value is -2.92. The van der Waals surface area contributed by atoms with Crippen LogP contribution < -0.4 is 5.32 Å². The summed E-state index contributed by atoms with van der Waals surface area (Å²) in [6, 6.07) is 15.1. The van der Waals surface area contributed by atoms with Gasteiger partial charge in [-0.3, -0.25) is 9.48 Å². The molecule has 0 aliphatic rings. The molecular formula is C19H15ClFN3O. The molecule has 126 valence electrons. The van der Waals surface area contributed by atoms with Gasteiger partial charge in [0.05, 0.1) is 6.54 Å². The molecule has 1 heterocycles. The molecule has 0 saturated heterocycles. The molecule has 4 nitrogen and oxygen atoms in total. The second kappa shape index (κ2) is 7.77. The highest BCUT2D eigenvalue weighted by Gasteiger charge is 2.03. The number of aromatic nitrogens is 2. The summed E-state index contributed by atoms with van der Waals surface area (Å²) in [4.78, 5) is 11.9. The number of anilines is 1. The number of hydrogen-bond donors (Lipinski definition) is 1. The summed E-state index contributed by atoms with van der Waals surface area (Å²) in [7, 11) is 0. The smallest absolute Gasteiger partial charge is 0.249 e. The molecule has 0 saturated carbocycles. The molecule has 2 aromatic carbocycles. The van der Waals surface area contributed by atoms with Crippen LogP contribution in [-0.2, 0) is 11.3 Å². The summed E-state index contributed by atoms with van der Waals surface area (Å²) in [6.07, 6.45) is 4.78. The number of rotatable bonds is 5. The van der Waals surface area contributed by atoms with Crippen LogP contribution in [0.2, 0.25) is 5.02 Å². The normalized spacial score (nSPS) is 11.0. The monoisotopic (exact) mass is 355 g/mol. The fraction of sp³-hybridized carbons (Fsp3) is 0.0526. The number of hydrogen-bond acceptors (Lipinski definition) is 2. The van der Waals surface area contributed by atoms with E-state index in [0.29, 0.717) is 17.4 Å². The van der Waals surface area contributed by atoms with Gasteiger partial charge in [0, 0.05) is 23.4 Å². The largest absolute Gasteiger partial charge is 0.306 e. The standard InChI is InChI=1S/C19H15ClFN3O/c20-16-6-1-15(2-7-16)13-24-12-11-18(23-24)22-19(25)10-5-14-3-8-17(21)9-4-14/h1-12H,13H2,(H,22,23,25)/b10-5+. The predicted molar refractivity (Wildman–Crippen MR) is 96.8 cm³/mol. The van der Waals surface area contributed by atoms with Crippen LogP contribution in [0.1, 0.15) is 11.1 Å². The first kappa shape index (κ1) is 16.9. The van der Waals surface area contributed by atoms with Crippen molar-refractivity contribution in [3.05, 3.63) is 88.8 Å². The summed E-state index contributed by atoms with van der Waals surface area (Å²) in [6.45, 7) is 0.582. The number of nitrogens with one attached hydrogen (secondary N) is 1. The van der Waals surface area contributed by atoms with E-state index in [1.54, 1.807) is 35.2 Å². The lowest BCUT2D eigenvalue weighted by atomic mass is 10.2. The van der Waals surface area contributed by atoms with Crippen LogP contribution in [0.4, 0.5) is 10.2 Å². The molecule has 1 aromatic heterocycles. The second-order valence-electron chi connectivity index (χ2n) is 5.40. The van der Waals surface area contributed by atoms with E-state index in [2.05, 4.69) is 10.4 Å². The fourth-order valence-electron chi connectivity index (χ4n) is 2.21. The Bertz CT molecular complexity index is 886. The molecular weight excluding hydrogens is 341 g/mol. The van der Waals surface area contributed by atoms with E-state index in [4.69, 9.17) is 11.6 Å². The number of carbonyl (C=O) groups excluding carboxylic acids is 1. The van der Waals surface area contributed by atoms with Gasteiger partial charge in [-0.2, -0.15) is 5.10 Å². The quantitative estimate of drug-likeness (QED) is 0.690. The molecule has 0 radical (unpaired) electrons. The van der Waals surface area contributed by atoms with Crippen LogP contribution in [0.3, 0.4) is 0 Å². The van der Waals surface area contributed by atoms with Crippen LogP contribution in [-0.4, -0.2) is 15.7 Å². The van der Waals surface area contributed by atoms with Crippen LogP contribution >= 0.6 is 11.6 Å². The van der Waals surface area contributed by atoms with Gasteiger partial charge >= 0.3 is 0 Å². The number of nitrogens with zero attached hydrogens (tertiary/aromatic N) is 2. The molecule has 3 aromatic rings. The molecule has 25 heavy (non-hydrogen) atoms. The van der Waals surface area contributed by atoms with Gasteiger partial charge in [0.1, 0.15) is 5.82 Å². The number of carbonyl (C=O) groups is 1. The molecule has 0 atom stereocenters. The topological polar surface area (TPSA) is 46.9 Å². The highest BCUT2D eigenvalue weighted by atomic mass is 35.5. The summed E-state index contributed by atoms with van der Waals surface area (Å²) < 4.78 is 14.6. The Kier molecular flexibility index (Phi) is 5.26. The number of benzene rings is 2. The van der Waals surface area contributed by atoms with E-state index < -0.39 is 0 Å². The third kappa shape index (κ3) is 5.02. The van der Waals surface area contributed by atoms with E-state index >= 15 is 0 Å². The third-order valence-corrected chi connectivity index (χ3v) is 3.70. The zero-order valence-electron chi connectivity index (χ0n) is 13.2. The van der Waals surface area contributed by atoms with E-state index in [0.717, 1.165) is 11.1 Å². The van der Waals surface area contributed by atoms with Gasteiger partial charge < -0.3 is 5.32 Å². The van der Waals surface area contributed by atoms with Gasteiger partial charge in [-0.25, -0.2) is 4.39 Å². The fourth-order valence-corrected chi connectivity index (χ4v) is 2.33. The van der Waals surface area contributed by atoms with Crippen molar-refractivity contribution in [1.29, 1.82) is 0 Å². The Morgan fingerprint density at radius 3 is 2.56 bits per heavy atom. The van der Waals surface area contributed by atoms with Gasteiger partial charge in [-0.05, 0) is 41.5 Å². The maximum Gasteiger partial charge on any atom is 0.249 e. The van der Waals surface area contributed by atoms with Gasteiger partial charge in [-0.1, -0.05) is 35.9 Å². The molecule has 0 aliphatic carbocycles. The molecule has 6 heteroatoms. The first-order valence-corrected chi connectivity index (χ1v) is 7.99. The van der Waals surface area contributed by atoms with E-state index in [-0.39, 0.29) is 11.7 Å². The Balaban J connectivity index is 1.57. The van der Waals surface area contributed by atoms with Crippen molar-refractivity contribution in [1.82, 2.24) is 9.78 Å². The SMILES string of the molecule is O=C(/C=C/c1ccc(F)cc1)Nc1ccn(Cc2ccc(Cl)cc2)n1. The van der Waals surface area contributed by atoms with Crippen molar-refractivity contribution in [2.45, 2.75) is 6.54 Å². The first-order chi connectivity index (χ1) is 12.1. The minimum atomic E-state index is -0.312. The minimum Gasteiger partial charge on any atom is -0.306 e. The van der Waals surface area contributed by atoms with E-state index in [9.17, 15) is 9.18 Å². The Labute approximate surface area is 149 Å². The highest BCUT2D eigenvalue weighted by molar-refractivity contribution is 6.30. The molecule has 3 rings (SSSR count). The van der Waals surface area contributed by atoms with Gasteiger partial charge in [0.15, 0.2) is 5.82 Å². The van der Waals surface area contributed by atoms with Crippen molar-refractivity contribution in [3.8, 4) is 0 Å². The summed E-state index contributed by atoms with van der Waals surface area (Å²) in [5, 5.41) is 7.67. The first-order valence-electron chi connectivity index (χ1n) is 7.61. The molecule has 1 N–H and O–H groups in total. The highest BCUT2D eigenvalue weighted by Crippen LogP contribution is 2.12. The lowest BCUT2D eigenvalue weighted by Crippen LogP contribution is -2.09. The Morgan fingerprint density at radius 1 is 1.12 bits per heavy atom. The van der Waals surface area contributed by atoms with Crippen molar-refractivity contribution >= 4 is 29.4 Å². The number of amides is 1. The minimum absolute atomic E-state index is 0.305. The molecule has 0 unspecified atom stereocenters. The van der Waals surface area contributed by atoms with Crippen molar-refractivity contribution in [2.75, 3.05) is 5.32 Å². The van der Waals surface area contributed by atoms with Crippen LogP contribution in [0.5, 0.6) is 0 Å². The van der Waals surface area contributed by atoms with E-state index in [1.165, 1.54) is 18.2 Å². The summed E-state index contributed by atoms with van der Waals surface area (Å²) in [5.74, 6) is -0.156. The van der Waals surface area contributed by atoms with Crippen molar-refractivity contribution in [2.24, 2.45) is 0 Å². The maximum absolute atomic E-state index is 12.8. The van der Waals surface area contributed by atoms with Crippen molar-refractivity contribution in [3.63, 3.8) is 0 Å². The molecule has 1 amide bonds. The maximum atomic E-state index is 12.8. The van der Waals surface area contributed by atoms with Crippen LogP contribution in [0.25, 0.3) is 6.08 Å². The molecule has 0 bridgehead atoms. The zero-order chi connectivity index (χ0) is 17.6. The van der Waals surface area contributed by atoms with Gasteiger partial charge in [0.2, 0.25) is 5.91 Å². The lowest BCUT2D eigenvalue weighted by molar-refractivity contribution is -0.111. The third-order valence-electron chi connectivity index (χ3n) is 3.45. The number of halogens is 2. The summed E-state index contributed by atoms with van der Waals surface area (Å²) >= 11 is 5.86. The van der Waals surface area contributed by atoms with E-state index in [1.807, 2.05) is 24.3 Å². The average Bonchev–Trinajstić information content (AvgIpc) is 3.03. The summed E-state index contributed by atoms with van der Waals surface area (Å²) in [5.41, 5.74) is 1.80. The zero-order valence-corrected chi connectivity index (χ0v) is 13.9. The van der Waals surface area contributed by atoms with Crippen molar-refractivity contribution < 1.29 is 9.18 Å². The van der Waals surface area contributed by atoms with Gasteiger partial charge in [0.25, 0.3) is 0 Å². The predicted octanol–water partition coefficient (Wildman–Crippen LogP) is 4.38. The second-order valence-corrected chi connectivity index (χ2v) is 5.84. The lowest BCUT2D eigenvalue weighted by Gasteiger charge is -2.02.